The molecule has 5 heteroatoms. The van der Waals surface area contributed by atoms with Gasteiger partial charge in [0.25, 0.3) is 0 Å². The lowest BCUT2D eigenvalue weighted by Crippen LogP contribution is -2.07. The maximum atomic E-state index is 13.5. The zero-order chi connectivity index (χ0) is 12.4. The van der Waals surface area contributed by atoms with Crippen molar-refractivity contribution in [3.63, 3.8) is 0 Å². The van der Waals surface area contributed by atoms with Crippen LogP contribution in [0.1, 0.15) is 21.7 Å². The molecular formula is C12H8BrFN2O. The molecule has 0 spiro atoms. The summed E-state index contributed by atoms with van der Waals surface area (Å²) in [4.78, 5) is 19.9. The molecule has 0 aliphatic rings. The van der Waals surface area contributed by atoms with Gasteiger partial charge in [-0.3, -0.25) is 9.78 Å². The number of halogens is 2. The Labute approximate surface area is 106 Å². The highest BCUT2D eigenvalue weighted by Gasteiger charge is 2.15. The summed E-state index contributed by atoms with van der Waals surface area (Å²) in [5, 5.41) is 0. The monoisotopic (exact) mass is 294 g/mol. The lowest BCUT2D eigenvalue weighted by molar-refractivity contribution is 0.103. The van der Waals surface area contributed by atoms with Crippen molar-refractivity contribution in [2.75, 3.05) is 0 Å². The molecule has 2 rings (SSSR count). The summed E-state index contributed by atoms with van der Waals surface area (Å²) in [5.74, 6) is -1.04. The predicted molar refractivity (Wildman–Crippen MR) is 64.3 cm³/mol. The van der Waals surface area contributed by atoms with Gasteiger partial charge in [-0.2, -0.15) is 0 Å². The van der Waals surface area contributed by atoms with Crippen LogP contribution in [-0.2, 0) is 0 Å². The first-order chi connectivity index (χ1) is 8.08. The van der Waals surface area contributed by atoms with E-state index >= 15 is 0 Å². The summed E-state index contributed by atoms with van der Waals surface area (Å²) in [6, 6.07) is 4.20. The topological polar surface area (TPSA) is 42.9 Å². The van der Waals surface area contributed by atoms with Gasteiger partial charge in [-0.05, 0) is 25.1 Å². The molecule has 1 aromatic heterocycles. The predicted octanol–water partition coefficient (Wildman–Crippen LogP) is 2.92. The Morgan fingerprint density at radius 3 is 2.71 bits per heavy atom. The van der Waals surface area contributed by atoms with Crippen LogP contribution >= 0.6 is 15.9 Å². The molecule has 0 atom stereocenters. The van der Waals surface area contributed by atoms with Gasteiger partial charge in [0.05, 0.1) is 17.5 Å². The molecule has 0 saturated heterocycles. The Morgan fingerprint density at radius 2 is 2.06 bits per heavy atom. The van der Waals surface area contributed by atoms with Crippen molar-refractivity contribution in [2.45, 2.75) is 6.92 Å². The van der Waals surface area contributed by atoms with Crippen LogP contribution in [0.2, 0.25) is 0 Å². The molecule has 0 amide bonds. The molecule has 86 valence electrons. The molecular weight excluding hydrogens is 287 g/mol. The fourth-order valence-electron chi connectivity index (χ4n) is 1.32. The molecule has 0 unspecified atom stereocenters. The smallest absolute Gasteiger partial charge is 0.215 e. The van der Waals surface area contributed by atoms with Crippen LogP contribution in [-0.4, -0.2) is 15.8 Å². The molecule has 0 aliphatic carbocycles. The molecule has 3 nitrogen and oxygen atoms in total. The van der Waals surface area contributed by atoms with Gasteiger partial charge < -0.3 is 0 Å². The number of carbonyl (C=O) groups is 1. The van der Waals surface area contributed by atoms with Gasteiger partial charge in [-0.1, -0.05) is 15.9 Å². The molecule has 1 heterocycles. The second-order valence-electron chi connectivity index (χ2n) is 3.50. The summed E-state index contributed by atoms with van der Waals surface area (Å²) < 4.78 is 14.1. The fourth-order valence-corrected chi connectivity index (χ4v) is 1.68. The van der Waals surface area contributed by atoms with Gasteiger partial charge in [0.1, 0.15) is 11.5 Å². The van der Waals surface area contributed by atoms with Crippen LogP contribution in [0.5, 0.6) is 0 Å². The Balaban J connectivity index is 2.43. The minimum Gasteiger partial charge on any atom is -0.287 e. The highest BCUT2D eigenvalue weighted by molar-refractivity contribution is 9.10. The quantitative estimate of drug-likeness (QED) is 0.800. The molecule has 17 heavy (non-hydrogen) atoms. The van der Waals surface area contributed by atoms with Crippen LogP contribution < -0.4 is 0 Å². The van der Waals surface area contributed by atoms with E-state index in [0.717, 1.165) is 0 Å². The lowest BCUT2D eigenvalue weighted by atomic mass is 10.1. The van der Waals surface area contributed by atoms with Crippen LogP contribution in [0, 0.1) is 12.7 Å². The van der Waals surface area contributed by atoms with Crippen molar-refractivity contribution in [2.24, 2.45) is 0 Å². The van der Waals surface area contributed by atoms with Crippen molar-refractivity contribution in [1.29, 1.82) is 0 Å². The average molecular weight is 295 g/mol. The number of hydrogen-bond acceptors (Lipinski definition) is 3. The highest BCUT2D eigenvalue weighted by Crippen LogP contribution is 2.17. The molecule has 0 saturated carbocycles. The van der Waals surface area contributed by atoms with Crippen molar-refractivity contribution in [3.05, 3.63) is 57.8 Å². The molecule has 0 radical (unpaired) electrons. The fraction of sp³-hybridized carbons (Fsp3) is 0.0833. The number of aryl methyl sites for hydroxylation is 1. The molecule has 0 bridgehead atoms. The van der Waals surface area contributed by atoms with E-state index in [1.54, 1.807) is 6.92 Å². The first-order valence-electron chi connectivity index (χ1n) is 4.86. The third kappa shape index (κ3) is 2.55. The molecule has 0 fully saturated rings. The number of aromatic nitrogens is 2. The second-order valence-corrected chi connectivity index (χ2v) is 4.41. The Kier molecular flexibility index (Phi) is 3.28. The molecule has 1 aromatic carbocycles. The number of rotatable bonds is 2. The number of carbonyl (C=O) groups excluding carboxylic acids is 1. The summed E-state index contributed by atoms with van der Waals surface area (Å²) in [6.45, 7) is 1.76. The van der Waals surface area contributed by atoms with Gasteiger partial charge in [0, 0.05) is 10.7 Å². The van der Waals surface area contributed by atoms with Crippen molar-refractivity contribution in [1.82, 2.24) is 9.97 Å². The SMILES string of the molecule is Cc1cnc(C(=O)c2cc(Br)ccc2F)cn1. The van der Waals surface area contributed by atoms with Gasteiger partial charge >= 0.3 is 0 Å². The van der Waals surface area contributed by atoms with E-state index < -0.39 is 11.6 Å². The first-order valence-corrected chi connectivity index (χ1v) is 5.65. The Morgan fingerprint density at radius 1 is 1.29 bits per heavy atom. The van der Waals surface area contributed by atoms with Crippen LogP contribution in [0.25, 0.3) is 0 Å². The van der Waals surface area contributed by atoms with E-state index in [9.17, 15) is 9.18 Å². The van der Waals surface area contributed by atoms with Crippen molar-refractivity contribution < 1.29 is 9.18 Å². The van der Waals surface area contributed by atoms with Crippen molar-refractivity contribution in [3.8, 4) is 0 Å². The molecule has 0 N–H and O–H groups in total. The normalized spacial score (nSPS) is 10.3. The summed E-state index contributed by atoms with van der Waals surface area (Å²) in [5.41, 5.74) is 0.821. The second kappa shape index (κ2) is 4.71. The van der Waals surface area contributed by atoms with E-state index in [2.05, 4.69) is 25.9 Å². The summed E-state index contributed by atoms with van der Waals surface area (Å²) in [7, 11) is 0. The maximum absolute atomic E-state index is 13.5. The van der Waals surface area contributed by atoms with E-state index in [4.69, 9.17) is 0 Å². The zero-order valence-corrected chi connectivity index (χ0v) is 10.5. The van der Waals surface area contributed by atoms with Crippen LogP contribution in [0.15, 0.2) is 35.1 Å². The summed E-state index contributed by atoms with van der Waals surface area (Å²) >= 11 is 3.19. The number of nitrogens with zero attached hydrogens (tertiary/aromatic N) is 2. The average Bonchev–Trinajstić information content (AvgIpc) is 2.32. The number of ketones is 1. The Hall–Kier alpha value is -1.62. The van der Waals surface area contributed by atoms with E-state index in [1.807, 2.05) is 0 Å². The molecule has 2 aromatic rings. The highest BCUT2D eigenvalue weighted by atomic mass is 79.9. The number of benzene rings is 1. The standard InChI is InChI=1S/C12H8BrFN2O/c1-7-5-16-11(6-15-7)12(17)9-4-8(13)2-3-10(9)14/h2-6H,1H3. The summed E-state index contributed by atoms with van der Waals surface area (Å²) in [6.07, 6.45) is 2.82. The number of hydrogen-bond donors (Lipinski definition) is 0. The van der Waals surface area contributed by atoms with Gasteiger partial charge in [-0.15, -0.1) is 0 Å². The van der Waals surface area contributed by atoms with Gasteiger partial charge in [-0.25, -0.2) is 9.37 Å². The van der Waals surface area contributed by atoms with Gasteiger partial charge in [0.2, 0.25) is 5.78 Å². The zero-order valence-electron chi connectivity index (χ0n) is 8.95. The lowest BCUT2D eigenvalue weighted by Gasteiger charge is -2.02. The van der Waals surface area contributed by atoms with E-state index in [0.29, 0.717) is 10.2 Å². The molecule has 0 aliphatic heterocycles. The largest absolute Gasteiger partial charge is 0.287 e. The minimum absolute atomic E-state index is 0.0162. The third-order valence-corrected chi connectivity index (χ3v) is 2.68. The first kappa shape index (κ1) is 11.9. The van der Waals surface area contributed by atoms with Crippen LogP contribution in [0.3, 0.4) is 0 Å². The third-order valence-electron chi connectivity index (χ3n) is 2.19. The van der Waals surface area contributed by atoms with E-state index in [-0.39, 0.29) is 11.3 Å². The Bertz CT molecular complexity index is 569. The minimum atomic E-state index is -0.569. The van der Waals surface area contributed by atoms with Crippen molar-refractivity contribution >= 4 is 21.7 Å². The maximum Gasteiger partial charge on any atom is 0.215 e. The van der Waals surface area contributed by atoms with Gasteiger partial charge in [0.15, 0.2) is 0 Å². The van der Waals surface area contributed by atoms with Crippen LogP contribution in [0.4, 0.5) is 4.39 Å². The van der Waals surface area contributed by atoms with E-state index in [1.165, 1.54) is 30.6 Å².